The Morgan fingerprint density at radius 3 is 3.00 bits per heavy atom. The Morgan fingerprint density at radius 2 is 2.17 bits per heavy atom. The van der Waals surface area contributed by atoms with Crippen LogP contribution in [0.1, 0.15) is 18.4 Å². The van der Waals surface area contributed by atoms with Crippen molar-refractivity contribution in [2.24, 2.45) is 5.92 Å². The van der Waals surface area contributed by atoms with Gasteiger partial charge in [-0.25, -0.2) is 0 Å². The average molecular weight is 262 g/mol. The zero-order valence-electron chi connectivity index (χ0n) is 11.1. The number of aryl methyl sites for hydroxylation is 1. The standard InChI is InChI=1S/C15H22N2S/c1-12-2-3-15-14(10-12)17(8-9-18-15)11-13-4-6-16-7-5-13/h2-3,10,13,16H,4-9,11H2,1H3. The number of rotatable bonds is 2. The second kappa shape index (κ2) is 5.54. The number of hydrogen-bond donors (Lipinski definition) is 1. The van der Waals surface area contributed by atoms with Crippen LogP contribution in [-0.2, 0) is 0 Å². The summed E-state index contributed by atoms with van der Waals surface area (Å²) in [5, 5.41) is 3.46. The fourth-order valence-corrected chi connectivity index (χ4v) is 3.98. The lowest BCUT2D eigenvalue weighted by Crippen LogP contribution is -2.38. The lowest BCUT2D eigenvalue weighted by Gasteiger charge is -2.35. The molecule has 0 aromatic heterocycles. The molecule has 2 aliphatic heterocycles. The monoisotopic (exact) mass is 262 g/mol. The van der Waals surface area contributed by atoms with Gasteiger partial charge in [0.05, 0.1) is 5.69 Å². The van der Waals surface area contributed by atoms with E-state index in [1.807, 2.05) is 11.8 Å². The van der Waals surface area contributed by atoms with Gasteiger partial charge in [-0.2, -0.15) is 0 Å². The van der Waals surface area contributed by atoms with E-state index in [0.29, 0.717) is 0 Å². The molecule has 0 radical (unpaired) electrons. The summed E-state index contributed by atoms with van der Waals surface area (Å²) < 4.78 is 0. The second-order valence-corrected chi connectivity index (χ2v) is 6.60. The molecule has 98 valence electrons. The predicted molar refractivity (Wildman–Crippen MR) is 79.7 cm³/mol. The third-order valence-corrected chi connectivity index (χ3v) is 5.05. The SMILES string of the molecule is Cc1ccc2c(c1)N(CC1CCNCC1)CCS2. The summed E-state index contributed by atoms with van der Waals surface area (Å²) in [6.45, 7) is 7.06. The zero-order valence-corrected chi connectivity index (χ0v) is 11.9. The van der Waals surface area contributed by atoms with Crippen molar-refractivity contribution in [3.8, 4) is 0 Å². The molecule has 0 saturated carbocycles. The first-order valence-electron chi connectivity index (χ1n) is 7.02. The van der Waals surface area contributed by atoms with Crippen LogP contribution in [0.3, 0.4) is 0 Å². The van der Waals surface area contributed by atoms with Crippen LogP contribution in [-0.4, -0.2) is 31.9 Å². The van der Waals surface area contributed by atoms with Gasteiger partial charge in [-0.1, -0.05) is 6.07 Å². The minimum Gasteiger partial charge on any atom is -0.370 e. The number of benzene rings is 1. The molecule has 1 saturated heterocycles. The van der Waals surface area contributed by atoms with Crippen molar-refractivity contribution >= 4 is 17.4 Å². The largest absolute Gasteiger partial charge is 0.370 e. The summed E-state index contributed by atoms with van der Waals surface area (Å²) in [6, 6.07) is 6.90. The molecule has 0 aliphatic carbocycles. The quantitative estimate of drug-likeness (QED) is 0.882. The van der Waals surface area contributed by atoms with Crippen molar-refractivity contribution in [1.82, 2.24) is 5.32 Å². The maximum atomic E-state index is 3.46. The topological polar surface area (TPSA) is 15.3 Å². The highest BCUT2D eigenvalue weighted by molar-refractivity contribution is 7.99. The Balaban J connectivity index is 1.75. The molecule has 3 heteroatoms. The van der Waals surface area contributed by atoms with Crippen molar-refractivity contribution < 1.29 is 0 Å². The van der Waals surface area contributed by atoms with Crippen LogP contribution >= 0.6 is 11.8 Å². The summed E-state index contributed by atoms with van der Waals surface area (Å²) >= 11 is 2.01. The van der Waals surface area contributed by atoms with Gasteiger partial charge >= 0.3 is 0 Å². The van der Waals surface area contributed by atoms with E-state index in [1.54, 1.807) is 0 Å². The van der Waals surface area contributed by atoms with E-state index in [1.165, 1.54) is 60.9 Å². The van der Waals surface area contributed by atoms with Crippen LogP contribution in [0.5, 0.6) is 0 Å². The molecule has 0 atom stereocenters. The van der Waals surface area contributed by atoms with Crippen molar-refractivity contribution in [3.05, 3.63) is 23.8 Å². The van der Waals surface area contributed by atoms with Crippen LogP contribution in [0, 0.1) is 12.8 Å². The van der Waals surface area contributed by atoms with E-state index in [-0.39, 0.29) is 0 Å². The summed E-state index contributed by atoms with van der Waals surface area (Å²) in [6.07, 6.45) is 2.68. The molecule has 2 nitrogen and oxygen atoms in total. The molecule has 1 fully saturated rings. The van der Waals surface area contributed by atoms with Gasteiger partial charge in [-0.3, -0.25) is 0 Å². The third-order valence-electron chi connectivity index (χ3n) is 4.01. The molecular weight excluding hydrogens is 240 g/mol. The lowest BCUT2D eigenvalue weighted by atomic mass is 9.97. The Labute approximate surface area is 114 Å². The Morgan fingerprint density at radius 1 is 1.33 bits per heavy atom. The highest BCUT2D eigenvalue weighted by Crippen LogP contribution is 2.36. The highest BCUT2D eigenvalue weighted by atomic mass is 32.2. The molecule has 0 amide bonds. The number of fused-ring (bicyclic) bond motifs is 1. The van der Waals surface area contributed by atoms with Gasteiger partial charge in [0.15, 0.2) is 0 Å². The van der Waals surface area contributed by atoms with E-state index >= 15 is 0 Å². The molecule has 18 heavy (non-hydrogen) atoms. The van der Waals surface area contributed by atoms with E-state index in [2.05, 4.69) is 35.3 Å². The molecule has 2 aliphatic rings. The van der Waals surface area contributed by atoms with Crippen molar-refractivity contribution in [2.75, 3.05) is 36.8 Å². The van der Waals surface area contributed by atoms with Crippen LogP contribution < -0.4 is 10.2 Å². The van der Waals surface area contributed by atoms with Crippen molar-refractivity contribution in [2.45, 2.75) is 24.7 Å². The van der Waals surface area contributed by atoms with Gasteiger partial charge in [0.2, 0.25) is 0 Å². The first kappa shape index (κ1) is 12.4. The molecule has 0 unspecified atom stereocenters. The van der Waals surface area contributed by atoms with E-state index < -0.39 is 0 Å². The summed E-state index contributed by atoms with van der Waals surface area (Å²) in [5.41, 5.74) is 2.86. The predicted octanol–water partition coefficient (Wildman–Crippen LogP) is 2.91. The van der Waals surface area contributed by atoms with Crippen LogP contribution in [0.2, 0.25) is 0 Å². The maximum Gasteiger partial charge on any atom is 0.0507 e. The molecule has 2 heterocycles. The van der Waals surface area contributed by atoms with Crippen LogP contribution in [0.25, 0.3) is 0 Å². The molecule has 0 bridgehead atoms. The number of piperidine rings is 1. The number of thioether (sulfide) groups is 1. The van der Waals surface area contributed by atoms with Crippen molar-refractivity contribution in [3.63, 3.8) is 0 Å². The minimum absolute atomic E-state index is 0.878. The first-order valence-corrected chi connectivity index (χ1v) is 8.00. The fourth-order valence-electron chi connectivity index (χ4n) is 2.95. The lowest BCUT2D eigenvalue weighted by molar-refractivity contribution is 0.374. The molecular formula is C15H22N2S. The first-order chi connectivity index (χ1) is 8.83. The second-order valence-electron chi connectivity index (χ2n) is 5.46. The van der Waals surface area contributed by atoms with Gasteiger partial charge in [0.25, 0.3) is 0 Å². The van der Waals surface area contributed by atoms with E-state index in [4.69, 9.17) is 0 Å². The summed E-state index contributed by atoms with van der Waals surface area (Å²) in [5.74, 6) is 2.11. The summed E-state index contributed by atoms with van der Waals surface area (Å²) in [4.78, 5) is 4.09. The van der Waals surface area contributed by atoms with Gasteiger partial charge < -0.3 is 10.2 Å². The van der Waals surface area contributed by atoms with Crippen LogP contribution in [0.15, 0.2) is 23.1 Å². The normalized spacial score (nSPS) is 20.8. The number of nitrogens with zero attached hydrogens (tertiary/aromatic N) is 1. The molecule has 1 aromatic carbocycles. The van der Waals surface area contributed by atoms with Gasteiger partial charge in [0, 0.05) is 23.7 Å². The molecule has 1 aromatic rings. The summed E-state index contributed by atoms with van der Waals surface area (Å²) in [7, 11) is 0. The van der Waals surface area contributed by atoms with E-state index in [9.17, 15) is 0 Å². The molecule has 3 rings (SSSR count). The Kier molecular flexibility index (Phi) is 3.80. The third kappa shape index (κ3) is 2.67. The Bertz CT molecular complexity index is 413. The maximum absolute atomic E-state index is 3.46. The Hall–Kier alpha value is -0.670. The average Bonchev–Trinajstić information content (AvgIpc) is 2.41. The molecule has 0 spiro atoms. The zero-order chi connectivity index (χ0) is 12.4. The van der Waals surface area contributed by atoms with Crippen LogP contribution in [0.4, 0.5) is 5.69 Å². The highest BCUT2D eigenvalue weighted by Gasteiger charge is 2.21. The molecule has 1 N–H and O–H groups in total. The van der Waals surface area contributed by atoms with Gasteiger partial charge in [-0.15, -0.1) is 11.8 Å². The fraction of sp³-hybridized carbons (Fsp3) is 0.600. The number of anilines is 1. The number of nitrogens with one attached hydrogen (secondary N) is 1. The van der Waals surface area contributed by atoms with Crippen molar-refractivity contribution in [1.29, 1.82) is 0 Å². The van der Waals surface area contributed by atoms with Gasteiger partial charge in [0.1, 0.15) is 0 Å². The number of hydrogen-bond acceptors (Lipinski definition) is 3. The van der Waals surface area contributed by atoms with Gasteiger partial charge in [-0.05, 0) is 56.5 Å². The van der Waals surface area contributed by atoms with E-state index in [0.717, 1.165) is 5.92 Å². The minimum atomic E-state index is 0.878. The smallest absolute Gasteiger partial charge is 0.0507 e.